The summed E-state index contributed by atoms with van der Waals surface area (Å²) in [5.74, 6) is 0.290. The predicted molar refractivity (Wildman–Crippen MR) is 213 cm³/mol. The molecule has 0 saturated heterocycles. The van der Waals surface area contributed by atoms with Crippen molar-refractivity contribution in [3.8, 4) is 23.6 Å². The van der Waals surface area contributed by atoms with Crippen LogP contribution in [0.4, 0.5) is 10.1 Å². The first-order chi connectivity index (χ1) is 25.8. The van der Waals surface area contributed by atoms with Gasteiger partial charge in [0.2, 0.25) is 0 Å². The van der Waals surface area contributed by atoms with Gasteiger partial charge in [-0.3, -0.25) is 9.97 Å². The van der Waals surface area contributed by atoms with Crippen LogP contribution >= 0.6 is 27.5 Å². The van der Waals surface area contributed by atoms with E-state index in [2.05, 4.69) is 66.8 Å². The smallest absolute Gasteiger partial charge is 0.138 e. The SMILES string of the molecule is CCN(CC)c1ccncc1C(/C(=C(/C#N)c1c[nH]c2ccc(Cl)cc12)c1cnccc1Oc1ccc(F)cc1)=C(\C#N)c1c[nH]c2ccc(Br)cc12. The zero-order valence-corrected chi connectivity index (χ0v) is 30.9. The van der Waals surface area contributed by atoms with E-state index in [1.54, 1.807) is 55.4 Å². The number of hydrogen-bond acceptors (Lipinski definition) is 6. The zero-order chi connectivity index (χ0) is 37.1. The van der Waals surface area contributed by atoms with Crippen LogP contribution in [0.25, 0.3) is 44.1 Å². The van der Waals surface area contributed by atoms with E-state index in [1.807, 2.05) is 30.3 Å². The minimum atomic E-state index is -0.410. The maximum absolute atomic E-state index is 14.0. The van der Waals surface area contributed by atoms with Gasteiger partial charge in [-0.05, 0) is 86.6 Å². The molecule has 0 aliphatic heterocycles. The van der Waals surface area contributed by atoms with Crippen molar-refractivity contribution in [3.63, 3.8) is 0 Å². The maximum Gasteiger partial charge on any atom is 0.138 e. The lowest BCUT2D eigenvalue weighted by Gasteiger charge is -2.27. The van der Waals surface area contributed by atoms with Gasteiger partial charge in [0.05, 0.1) is 11.1 Å². The van der Waals surface area contributed by atoms with Crippen molar-refractivity contribution in [3.05, 3.63) is 148 Å². The molecule has 11 heteroatoms. The normalized spacial score (nSPS) is 12.2. The molecule has 0 aliphatic carbocycles. The zero-order valence-electron chi connectivity index (χ0n) is 28.6. The molecule has 0 bridgehead atoms. The van der Waals surface area contributed by atoms with Gasteiger partial charge < -0.3 is 19.6 Å². The van der Waals surface area contributed by atoms with Crippen LogP contribution in [-0.4, -0.2) is 33.0 Å². The molecule has 3 aromatic carbocycles. The number of rotatable bonds is 10. The molecule has 8 nitrogen and oxygen atoms in total. The summed E-state index contributed by atoms with van der Waals surface area (Å²) in [4.78, 5) is 17.9. The number of fused-ring (bicyclic) bond motifs is 2. The van der Waals surface area contributed by atoms with Crippen LogP contribution < -0.4 is 9.64 Å². The number of ether oxygens (including phenoxy) is 1. The number of nitriles is 2. The van der Waals surface area contributed by atoms with E-state index in [-0.39, 0.29) is 11.1 Å². The number of H-pyrrole nitrogens is 2. The Labute approximate surface area is 318 Å². The Bertz CT molecular complexity index is 2640. The Morgan fingerprint density at radius 1 is 0.774 bits per heavy atom. The maximum atomic E-state index is 14.0. The Balaban J connectivity index is 1.68. The van der Waals surface area contributed by atoms with Crippen LogP contribution in [-0.2, 0) is 0 Å². The Hall–Kier alpha value is -6.20. The van der Waals surface area contributed by atoms with Crippen molar-refractivity contribution < 1.29 is 9.13 Å². The number of aromatic nitrogens is 4. The molecule has 0 amide bonds. The van der Waals surface area contributed by atoms with Gasteiger partial charge in [-0.1, -0.05) is 27.5 Å². The molecular weight excluding hydrogens is 753 g/mol. The summed E-state index contributed by atoms with van der Waals surface area (Å²) in [6.45, 7) is 5.45. The van der Waals surface area contributed by atoms with E-state index in [9.17, 15) is 14.9 Å². The van der Waals surface area contributed by atoms with Gasteiger partial charge in [-0.2, -0.15) is 10.5 Å². The second-order valence-electron chi connectivity index (χ2n) is 12.0. The van der Waals surface area contributed by atoms with Crippen molar-refractivity contribution in [1.82, 2.24) is 19.9 Å². The number of halogens is 3. The van der Waals surface area contributed by atoms with Crippen molar-refractivity contribution in [2.24, 2.45) is 0 Å². The molecule has 0 aliphatic rings. The Kier molecular flexibility index (Phi) is 10.1. The highest BCUT2D eigenvalue weighted by Gasteiger charge is 2.30. The summed E-state index contributed by atoms with van der Waals surface area (Å²) >= 11 is 10.1. The van der Waals surface area contributed by atoms with Gasteiger partial charge in [0, 0.05) is 121 Å². The highest BCUT2D eigenvalue weighted by atomic mass is 79.9. The second kappa shape index (κ2) is 15.2. The molecule has 0 atom stereocenters. The van der Waals surface area contributed by atoms with Crippen LogP contribution in [0.15, 0.2) is 114 Å². The van der Waals surface area contributed by atoms with Crippen molar-refractivity contribution in [2.45, 2.75) is 13.8 Å². The van der Waals surface area contributed by atoms with Crippen molar-refractivity contribution in [2.75, 3.05) is 18.0 Å². The molecule has 2 N–H and O–H groups in total. The number of anilines is 1. The van der Waals surface area contributed by atoms with E-state index >= 15 is 0 Å². The topological polar surface area (TPSA) is 117 Å². The first kappa shape index (κ1) is 35.2. The van der Waals surface area contributed by atoms with Gasteiger partial charge >= 0.3 is 0 Å². The predicted octanol–water partition coefficient (Wildman–Crippen LogP) is 11.2. The van der Waals surface area contributed by atoms with Crippen LogP contribution in [0.5, 0.6) is 11.5 Å². The third kappa shape index (κ3) is 6.78. The second-order valence-corrected chi connectivity index (χ2v) is 13.4. The summed E-state index contributed by atoms with van der Waals surface area (Å²) in [5.41, 5.74) is 5.95. The molecule has 4 heterocycles. The number of allylic oxidation sites excluding steroid dienone is 4. The lowest BCUT2D eigenvalue weighted by molar-refractivity contribution is 0.478. The molecule has 0 saturated carbocycles. The highest BCUT2D eigenvalue weighted by molar-refractivity contribution is 9.10. The number of nitrogens with one attached hydrogen (secondary N) is 2. The Morgan fingerprint density at radius 2 is 1.36 bits per heavy atom. The average molecular weight is 783 g/mol. The fourth-order valence-corrected chi connectivity index (χ4v) is 7.13. The molecule has 4 aromatic heterocycles. The summed E-state index contributed by atoms with van der Waals surface area (Å²) in [6, 6.07) is 25.5. The van der Waals surface area contributed by atoms with Crippen LogP contribution in [0, 0.1) is 28.5 Å². The average Bonchev–Trinajstić information content (AvgIpc) is 3.79. The quantitative estimate of drug-likeness (QED) is 0.105. The molecule has 53 heavy (non-hydrogen) atoms. The molecule has 0 fully saturated rings. The largest absolute Gasteiger partial charge is 0.457 e. The number of aromatic amines is 2. The monoisotopic (exact) mass is 781 g/mol. The van der Waals surface area contributed by atoms with Crippen LogP contribution in [0.3, 0.4) is 0 Å². The summed E-state index contributed by atoms with van der Waals surface area (Å²) in [6.07, 6.45) is 10.2. The van der Waals surface area contributed by atoms with Gasteiger partial charge in [-0.25, -0.2) is 4.39 Å². The third-order valence-corrected chi connectivity index (χ3v) is 9.79. The molecular formula is C42H30BrClFN7O. The van der Waals surface area contributed by atoms with Gasteiger partial charge in [-0.15, -0.1) is 0 Å². The summed E-state index contributed by atoms with van der Waals surface area (Å²) < 4.78 is 21.2. The van der Waals surface area contributed by atoms with E-state index in [0.717, 1.165) is 26.6 Å². The minimum absolute atomic E-state index is 0.230. The number of hydrogen-bond donors (Lipinski definition) is 2. The standard InChI is InChI=1S/C42H30BrClFN7O/c1-3-52(4-2)39-13-15-48-21-35(39)41(31(19-46)33-23-50-37-11-5-25(43)17-29(33)37)42(32(20-47)34-24-51-38-12-6-26(44)18-30(34)38)36-22-49-16-14-40(36)53-28-9-7-27(45)8-10-28/h5-18,21-24,50-51H,3-4H2,1-2H3/b41-31-,42-32-. The molecule has 0 spiro atoms. The highest BCUT2D eigenvalue weighted by Crippen LogP contribution is 2.49. The molecule has 7 rings (SSSR count). The Morgan fingerprint density at radius 3 is 2.00 bits per heavy atom. The van der Waals surface area contributed by atoms with Crippen LogP contribution in [0.1, 0.15) is 36.1 Å². The van der Waals surface area contributed by atoms with E-state index in [4.69, 9.17) is 16.3 Å². The van der Waals surface area contributed by atoms with Crippen LogP contribution in [0.2, 0.25) is 5.02 Å². The van der Waals surface area contributed by atoms with Gasteiger partial charge in [0.1, 0.15) is 29.5 Å². The third-order valence-electron chi connectivity index (χ3n) is 9.06. The van der Waals surface area contributed by atoms with E-state index in [0.29, 0.717) is 68.4 Å². The van der Waals surface area contributed by atoms with Gasteiger partial charge in [0.25, 0.3) is 0 Å². The fraction of sp³-hybridized carbons (Fsp3) is 0.0952. The van der Waals surface area contributed by atoms with E-state index < -0.39 is 5.82 Å². The number of pyridine rings is 2. The molecule has 260 valence electrons. The lowest BCUT2D eigenvalue weighted by atomic mass is 9.82. The van der Waals surface area contributed by atoms with Crippen molar-refractivity contribution >= 4 is 77.3 Å². The summed E-state index contributed by atoms with van der Waals surface area (Å²) in [5, 5.41) is 24.7. The number of nitrogens with zero attached hydrogens (tertiary/aromatic N) is 5. The first-order valence-corrected chi connectivity index (χ1v) is 17.9. The minimum Gasteiger partial charge on any atom is -0.457 e. The molecule has 0 unspecified atom stereocenters. The van der Waals surface area contributed by atoms with Gasteiger partial charge in [0.15, 0.2) is 0 Å². The van der Waals surface area contributed by atoms with E-state index in [1.165, 1.54) is 24.3 Å². The number of benzene rings is 3. The fourth-order valence-electron chi connectivity index (χ4n) is 6.60. The summed E-state index contributed by atoms with van der Waals surface area (Å²) in [7, 11) is 0. The lowest BCUT2D eigenvalue weighted by Crippen LogP contribution is -2.23. The molecule has 7 aromatic rings. The van der Waals surface area contributed by atoms with Crippen molar-refractivity contribution in [1.29, 1.82) is 10.5 Å². The first-order valence-electron chi connectivity index (χ1n) is 16.7. The molecule has 0 radical (unpaired) electrons.